The van der Waals surface area contributed by atoms with E-state index in [1.807, 2.05) is 13.0 Å². The molecule has 1 aliphatic rings. The van der Waals surface area contributed by atoms with Crippen LogP contribution in [0.2, 0.25) is 0 Å². The van der Waals surface area contributed by atoms with Crippen molar-refractivity contribution in [1.29, 1.82) is 0 Å². The minimum Gasteiger partial charge on any atom is -0.383 e. The Bertz CT molecular complexity index is 1220. The monoisotopic (exact) mass is 506 g/mol. The summed E-state index contributed by atoms with van der Waals surface area (Å²) in [4.78, 5) is 26.4. The zero-order valence-corrected chi connectivity index (χ0v) is 20.0. The van der Waals surface area contributed by atoms with Gasteiger partial charge < -0.3 is 20.6 Å². The van der Waals surface area contributed by atoms with Gasteiger partial charge in [-0.15, -0.1) is 11.3 Å². The lowest BCUT2D eigenvalue weighted by Crippen LogP contribution is -2.39. The Morgan fingerprint density at radius 2 is 2.00 bits per heavy atom. The number of carbonyl (C=O) groups is 1. The van der Waals surface area contributed by atoms with Crippen LogP contribution in [-0.2, 0) is 11.8 Å². The first-order valence-electron chi connectivity index (χ1n) is 11.0. The second-order valence-corrected chi connectivity index (χ2v) is 9.46. The van der Waals surface area contributed by atoms with Gasteiger partial charge in [0.25, 0.3) is 0 Å². The molecule has 3 N–H and O–H groups in total. The largest absolute Gasteiger partial charge is 0.433 e. The Labute approximate surface area is 204 Å². The number of hydrogen-bond acceptors (Lipinski definition) is 7. The third-order valence-electron chi connectivity index (χ3n) is 5.78. The molecule has 3 aromatic rings. The van der Waals surface area contributed by atoms with E-state index in [9.17, 15) is 23.1 Å². The van der Waals surface area contributed by atoms with Crippen LogP contribution in [0, 0.1) is 6.92 Å². The molecular formula is C23H25F3N6O2S. The molecule has 0 bridgehead atoms. The van der Waals surface area contributed by atoms with Crippen molar-refractivity contribution in [3.8, 4) is 10.4 Å². The predicted octanol–water partition coefficient (Wildman–Crippen LogP) is 4.68. The number of hydrogen-bond donors (Lipinski definition) is 3. The fourth-order valence-corrected chi connectivity index (χ4v) is 5.07. The summed E-state index contributed by atoms with van der Waals surface area (Å²) in [5, 5.41) is 17.4. The van der Waals surface area contributed by atoms with Crippen molar-refractivity contribution in [3.05, 3.63) is 52.9 Å². The number of rotatable bonds is 4. The molecule has 1 atom stereocenters. The van der Waals surface area contributed by atoms with E-state index >= 15 is 0 Å². The summed E-state index contributed by atoms with van der Waals surface area (Å²) in [5.41, 5.74) is 0.0432. The normalized spacial score (nSPS) is 18.7. The number of halogens is 3. The van der Waals surface area contributed by atoms with Gasteiger partial charge in [0.2, 0.25) is 5.95 Å². The van der Waals surface area contributed by atoms with E-state index in [1.54, 1.807) is 30.3 Å². The SMILES string of the molecule is CNC(=O)N1CCC[C@@](O)(c2ncc(-c3cc(C)cc(Nc4nccc(C(F)(F)F)n4)c3)s2)CC1. The van der Waals surface area contributed by atoms with Gasteiger partial charge in [-0.1, -0.05) is 6.07 Å². The topological polar surface area (TPSA) is 103 Å². The van der Waals surface area contributed by atoms with Crippen molar-refractivity contribution in [2.75, 3.05) is 25.5 Å². The van der Waals surface area contributed by atoms with Gasteiger partial charge in [-0.05, 0) is 49.1 Å². The Balaban J connectivity index is 1.55. The molecule has 35 heavy (non-hydrogen) atoms. The molecular weight excluding hydrogens is 481 g/mol. The fourth-order valence-electron chi connectivity index (χ4n) is 4.02. The highest BCUT2D eigenvalue weighted by Crippen LogP contribution is 2.39. The van der Waals surface area contributed by atoms with Gasteiger partial charge in [0.05, 0.1) is 4.88 Å². The summed E-state index contributed by atoms with van der Waals surface area (Å²) in [6, 6.07) is 6.14. The van der Waals surface area contributed by atoms with Gasteiger partial charge in [0, 0.05) is 44.6 Å². The molecule has 0 unspecified atom stereocenters. The number of alkyl halides is 3. The lowest BCUT2D eigenvalue weighted by molar-refractivity contribution is -0.141. The Morgan fingerprint density at radius 3 is 2.74 bits per heavy atom. The molecule has 0 spiro atoms. The first-order chi connectivity index (χ1) is 16.6. The van der Waals surface area contributed by atoms with Crippen LogP contribution in [-0.4, -0.2) is 51.1 Å². The fraction of sp³-hybridized carbons (Fsp3) is 0.391. The van der Waals surface area contributed by atoms with Crippen molar-refractivity contribution in [2.45, 2.75) is 38.0 Å². The molecule has 4 rings (SSSR count). The minimum atomic E-state index is -4.56. The first kappa shape index (κ1) is 24.9. The molecule has 0 aliphatic carbocycles. The van der Waals surface area contributed by atoms with Gasteiger partial charge in [-0.2, -0.15) is 13.2 Å². The van der Waals surface area contributed by atoms with Gasteiger partial charge in [0.1, 0.15) is 16.3 Å². The Hall–Kier alpha value is -3.25. The zero-order chi connectivity index (χ0) is 25.2. The van der Waals surface area contributed by atoms with E-state index in [4.69, 9.17) is 0 Å². The van der Waals surface area contributed by atoms with Gasteiger partial charge in [-0.3, -0.25) is 0 Å². The Kier molecular flexibility index (Phi) is 6.95. The number of nitrogens with zero attached hydrogens (tertiary/aromatic N) is 4. The number of aryl methyl sites for hydroxylation is 1. The van der Waals surface area contributed by atoms with Crippen molar-refractivity contribution in [3.63, 3.8) is 0 Å². The highest BCUT2D eigenvalue weighted by molar-refractivity contribution is 7.15. The number of amides is 2. The number of aliphatic hydroxyl groups is 1. The van der Waals surface area contributed by atoms with Crippen LogP contribution >= 0.6 is 11.3 Å². The molecule has 8 nitrogen and oxygen atoms in total. The molecule has 2 amide bonds. The third kappa shape index (κ3) is 5.70. The van der Waals surface area contributed by atoms with Crippen LogP contribution in [0.25, 0.3) is 10.4 Å². The summed E-state index contributed by atoms with van der Waals surface area (Å²) in [5.74, 6) is -0.158. The summed E-state index contributed by atoms with van der Waals surface area (Å²) in [6.07, 6.45) is -0.316. The van der Waals surface area contributed by atoms with Crippen LogP contribution in [0.15, 0.2) is 36.7 Å². The highest BCUT2D eigenvalue weighted by Gasteiger charge is 2.36. The van der Waals surface area contributed by atoms with Crippen LogP contribution in [0.4, 0.5) is 29.6 Å². The quantitative estimate of drug-likeness (QED) is 0.475. The maximum absolute atomic E-state index is 13.0. The molecule has 0 saturated carbocycles. The van der Waals surface area contributed by atoms with Crippen LogP contribution in [0.1, 0.15) is 35.5 Å². The molecule has 3 heterocycles. The van der Waals surface area contributed by atoms with E-state index in [0.717, 1.165) is 28.3 Å². The number of anilines is 2. The predicted molar refractivity (Wildman–Crippen MR) is 126 cm³/mol. The number of aromatic nitrogens is 3. The summed E-state index contributed by atoms with van der Waals surface area (Å²) >= 11 is 1.36. The number of nitrogens with one attached hydrogen (secondary N) is 2. The van der Waals surface area contributed by atoms with Crippen molar-refractivity contribution < 1.29 is 23.1 Å². The van der Waals surface area contributed by atoms with E-state index < -0.39 is 17.5 Å². The van der Waals surface area contributed by atoms with Crippen molar-refractivity contribution in [2.24, 2.45) is 0 Å². The zero-order valence-electron chi connectivity index (χ0n) is 19.2. The first-order valence-corrected chi connectivity index (χ1v) is 11.8. The maximum atomic E-state index is 13.0. The maximum Gasteiger partial charge on any atom is 0.433 e. The average Bonchev–Trinajstić information content (AvgIpc) is 3.23. The van der Waals surface area contributed by atoms with Crippen molar-refractivity contribution >= 4 is 29.0 Å². The lowest BCUT2D eigenvalue weighted by Gasteiger charge is -2.24. The molecule has 1 fully saturated rings. The molecule has 1 aliphatic heterocycles. The minimum absolute atomic E-state index is 0.158. The molecule has 12 heteroatoms. The molecule has 1 aromatic carbocycles. The number of benzene rings is 1. The van der Waals surface area contributed by atoms with Gasteiger partial charge in [0.15, 0.2) is 0 Å². The number of carbonyl (C=O) groups excluding carboxylic acids is 1. The third-order valence-corrected chi connectivity index (χ3v) is 7.02. The highest BCUT2D eigenvalue weighted by atomic mass is 32.1. The van der Waals surface area contributed by atoms with E-state index in [0.29, 0.717) is 43.0 Å². The molecule has 0 radical (unpaired) electrons. The van der Waals surface area contributed by atoms with E-state index in [1.165, 1.54) is 11.3 Å². The van der Waals surface area contributed by atoms with Crippen LogP contribution in [0.5, 0.6) is 0 Å². The molecule has 2 aromatic heterocycles. The standard InChI is InChI=1S/C23H25F3N6O2S/c1-14-10-15(12-16(11-14)30-20-28-7-4-18(31-20)23(24,25)26)17-13-29-19(35-17)22(34)5-3-8-32(9-6-22)21(33)27-2/h4,7,10-13,34H,3,5-6,8-9H2,1-2H3,(H,27,33)(H,28,30,31)/t22-/m0/s1. The number of likely N-dealkylation sites (tertiary alicyclic amines) is 1. The summed E-state index contributed by atoms with van der Waals surface area (Å²) in [6.45, 7) is 2.85. The van der Waals surface area contributed by atoms with E-state index in [2.05, 4.69) is 25.6 Å². The van der Waals surface area contributed by atoms with Gasteiger partial charge in [-0.25, -0.2) is 19.7 Å². The second kappa shape index (κ2) is 9.78. The summed E-state index contributed by atoms with van der Waals surface area (Å²) in [7, 11) is 1.58. The van der Waals surface area contributed by atoms with E-state index in [-0.39, 0.29) is 12.0 Å². The Morgan fingerprint density at radius 1 is 1.20 bits per heavy atom. The number of thiazole rings is 1. The lowest BCUT2D eigenvalue weighted by atomic mass is 9.96. The average molecular weight is 507 g/mol. The molecule has 1 saturated heterocycles. The van der Waals surface area contributed by atoms with Crippen LogP contribution < -0.4 is 10.6 Å². The van der Waals surface area contributed by atoms with Crippen molar-refractivity contribution in [1.82, 2.24) is 25.2 Å². The van der Waals surface area contributed by atoms with Gasteiger partial charge >= 0.3 is 12.2 Å². The second-order valence-electron chi connectivity index (χ2n) is 8.43. The number of urea groups is 1. The van der Waals surface area contributed by atoms with Crippen LogP contribution in [0.3, 0.4) is 0 Å². The molecule has 186 valence electrons. The summed E-state index contributed by atoms with van der Waals surface area (Å²) < 4.78 is 38.9. The smallest absolute Gasteiger partial charge is 0.383 e.